The lowest BCUT2D eigenvalue weighted by molar-refractivity contribution is -0.119. The van der Waals surface area contributed by atoms with Crippen molar-refractivity contribution >= 4 is 46.5 Å². The highest BCUT2D eigenvalue weighted by Crippen LogP contribution is 2.30. The molecule has 0 radical (unpaired) electrons. The fourth-order valence-corrected chi connectivity index (χ4v) is 5.53. The molecule has 3 heterocycles. The molecular formula is C27H27Cl2N5O2. The van der Waals surface area contributed by atoms with E-state index >= 15 is 0 Å². The van der Waals surface area contributed by atoms with Gasteiger partial charge in [-0.2, -0.15) is 5.10 Å². The first-order valence-electron chi connectivity index (χ1n) is 12.1. The van der Waals surface area contributed by atoms with E-state index in [9.17, 15) is 9.59 Å². The van der Waals surface area contributed by atoms with Crippen LogP contribution in [0.3, 0.4) is 0 Å². The number of anilines is 2. The van der Waals surface area contributed by atoms with E-state index in [4.69, 9.17) is 23.2 Å². The molecule has 1 aromatic heterocycles. The summed E-state index contributed by atoms with van der Waals surface area (Å²) in [6.45, 7) is 2.79. The van der Waals surface area contributed by atoms with Crippen molar-refractivity contribution in [3.05, 3.63) is 82.0 Å². The van der Waals surface area contributed by atoms with Crippen molar-refractivity contribution in [1.82, 2.24) is 15.1 Å². The van der Waals surface area contributed by atoms with Crippen LogP contribution in [0.1, 0.15) is 41.1 Å². The lowest BCUT2D eigenvalue weighted by Crippen LogP contribution is -2.37. The van der Waals surface area contributed by atoms with Gasteiger partial charge in [-0.15, -0.1) is 5.10 Å². The van der Waals surface area contributed by atoms with Gasteiger partial charge in [-0.25, -0.2) is 0 Å². The topological polar surface area (TPSA) is 78.4 Å². The van der Waals surface area contributed by atoms with E-state index in [1.165, 1.54) is 5.56 Å². The maximum atomic E-state index is 12.9. The fraction of sp³-hybridized carbons (Fsp3) is 0.333. The molecule has 0 unspecified atom stereocenters. The molecule has 2 fully saturated rings. The molecule has 2 amide bonds. The van der Waals surface area contributed by atoms with E-state index < -0.39 is 0 Å². The molecule has 2 saturated heterocycles. The van der Waals surface area contributed by atoms with Gasteiger partial charge in [0, 0.05) is 53.7 Å². The predicted octanol–water partition coefficient (Wildman–Crippen LogP) is 5.27. The molecule has 2 aromatic carbocycles. The van der Waals surface area contributed by atoms with Gasteiger partial charge < -0.3 is 15.1 Å². The van der Waals surface area contributed by atoms with Crippen LogP contribution in [0, 0.1) is 5.92 Å². The van der Waals surface area contributed by atoms with Gasteiger partial charge in [0.05, 0.1) is 5.92 Å². The third kappa shape index (κ3) is 5.63. The van der Waals surface area contributed by atoms with Gasteiger partial charge in [-0.1, -0.05) is 35.3 Å². The number of nitrogens with one attached hydrogen (secondary N) is 1. The smallest absolute Gasteiger partial charge is 0.253 e. The van der Waals surface area contributed by atoms with Crippen LogP contribution in [0.15, 0.2) is 60.8 Å². The Bertz CT molecular complexity index is 1210. The average Bonchev–Trinajstić information content (AvgIpc) is 3.40. The minimum atomic E-state index is -0.0806. The molecule has 3 aromatic rings. The number of hydrogen-bond donors (Lipinski definition) is 1. The van der Waals surface area contributed by atoms with Crippen molar-refractivity contribution in [2.75, 3.05) is 36.4 Å². The van der Waals surface area contributed by atoms with E-state index in [1.807, 2.05) is 29.2 Å². The highest BCUT2D eigenvalue weighted by molar-refractivity contribution is 6.35. The molecule has 7 nitrogen and oxygen atoms in total. The molecule has 1 N–H and O–H groups in total. The molecule has 1 atom stereocenters. The summed E-state index contributed by atoms with van der Waals surface area (Å²) in [6.07, 6.45) is 4.20. The molecule has 0 saturated carbocycles. The summed E-state index contributed by atoms with van der Waals surface area (Å²) in [7, 11) is 0. The second-order valence-corrected chi connectivity index (χ2v) is 10.2. The highest BCUT2D eigenvalue weighted by Gasteiger charge is 2.29. The van der Waals surface area contributed by atoms with Crippen molar-refractivity contribution in [3.63, 3.8) is 0 Å². The number of aromatic nitrogens is 2. The lowest BCUT2D eigenvalue weighted by Gasteiger charge is -2.32. The van der Waals surface area contributed by atoms with Crippen LogP contribution >= 0.6 is 23.2 Å². The quantitative estimate of drug-likeness (QED) is 0.492. The number of nitrogens with zero attached hydrogens (tertiary/aromatic N) is 4. The molecule has 0 bridgehead atoms. The van der Waals surface area contributed by atoms with Gasteiger partial charge in [0.15, 0.2) is 5.82 Å². The molecule has 9 heteroatoms. The summed E-state index contributed by atoms with van der Waals surface area (Å²) in [5.41, 5.74) is 2.54. The van der Waals surface area contributed by atoms with Gasteiger partial charge >= 0.3 is 0 Å². The van der Waals surface area contributed by atoms with Crippen LogP contribution < -0.4 is 10.2 Å². The van der Waals surface area contributed by atoms with Crippen LogP contribution in [0.25, 0.3) is 0 Å². The largest absolute Gasteiger partial charge is 0.354 e. The molecule has 0 aliphatic carbocycles. The van der Waals surface area contributed by atoms with Crippen LogP contribution in [0.4, 0.5) is 11.5 Å². The van der Waals surface area contributed by atoms with Gasteiger partial charge in [-0.3, -0.25) is 9.59 Å². The minimum absolute atomic E-state index is 0.0297. The monoisotopic (exact) mass is 523 g/mol. The van der Waals surface area contributed by atoms with Crippen molar-refractivity contribution < 1.29 is 9.59 Å². The number of carbonyl (C=O) groups excluding carboxylic acids is 2. The first-order chi connectivity index (χ1) is 17.5. The number of carbonyl (C=O) groups is 2. The van der Waals surface area contributed by atoms with Gasteiger partial charge in [0.25, 0.3) is 5.91 Å². The van der Waals surface area contributed by atoms with Gasteiger partial charge in [-0.05, 0) is 73.2 Å². The first kappa shape index (κ1) is 24.5. The van der Waals surface area contributed by atoms with E-state index in [1.54, 1.807) is 24.4 Å². The zero-order valence-electron chi connectivity index (χ0n) is 19.7. The summed E-state index contributed by atoms with van der Waals surface area (Å²) < 4.78 is 0. The normalized spacial score (nSPS) is 18.3. The van der Waals surface area contributed by atoms with E-state index in [0.717, 1.165) is 37.3 Å². The predicted molar refractivity (Wildman–Crippen MR) is 142 cm³/mol. The van der Waals surface area contributed by atoms with Gasteiger partial charge in [0.2, 0.25) is 5.91 Å². The average molecular weight is 524 g/mol. The summed E-state index contributed by atoms with van der Waals surface area (Å²) in [5.74, 6) is 1.09. The minimum Gasteiger partial charge on any atom is -0.354 e. The van der Waals surface area contributed by atoms with E-state index in [2.05, 4.69) is 32.5 Å². The number of benzene rings is 2. The number of halogens is 2. The van der Waals surface area contributed by atoms with Crippen molar-refractivity contribution in [2.24, 2.45) is 5.92 Å². The summed E-state index contributed by atoms with van der Waals surface area (Å²) >= 11 is 12.1. The van der Waals surface area contributed by atoms with E-state index in [0.29, 0.717) is 41.2 Å². The van der Waals surface area contributed by atoms with Crippen LogP contribution in [0.5, 0.6) is 0 Å². The zero-order chi connectivity index (χ0) is 25.1. The van der Waals surface area contributed by atoms with E-state index in [-0.39, 0.29) is 17.7 Å². The Morgan fingerprint density at radius 3 is 2.31 bits per heavy atom. The van der Waals surface area contributed by atoms with Crippen molar-refractivity contribution in [2.45, 2.75) is 25.2 Å². The maximum Gasteiger partial charge on any atom is 0.253 e. The molecule has 2 aliphatic rings. The molecule has 36 heavy (non-hydrogen) atoms. The van der Waals surface area contributed by atoms with Crippen molar-refractivity contribution in [1.29, 1.82) is 0 Å². The van der Waals surface area contributed by atoms with Crippen LogP contribution in [-0.4, -0.2) is 53.1 Å². The lowest BCUT2D eigenvalue weighted by atomic mass is 9.89. The second kappa shape index (κ2) is 10.8. The second-order valence-electron chi connectivity index (χ2n) is 9.35. The first-order valence-corrected chi connectivity index (χ1v) is 12.9. The number of amides is 2. The SMILES string of the molecule is O=C(Nc1ccc(C2CCN(C(=O)c3cc(Cl)cc(Cl)c3)CC2)cc1)[C@H]1CCN(c2cccnn2)C1. The van der Waals surface area contributed by atoms with Gasteiger partial charge in [0.1, 0.15) is 0 Å². The Kier molecular flexibility index (Phi) is 7.39. The Hall–Kier alpha value is -3.16. The van der Waals surface area contributed by atoms with Crippen molar-refractivity contribution in [3.8, 4) is 0 Å². The molecule has 0 spiro atoms. The summed E-state index contributed by atoms with van der Waals surface area (Å²) in [6, 6.07) is 16.8. The molecular weight excluding hydrogens is 497 g/mol. The Labute approximate surface area is 220 Å². The fourth-order valence-electron chi connectivity index (χ4n) is 5.00. The molecule has 2 aliphatic heterocycles. The number of rotatable bonds is 5. The third-order valence-corrected chi connectivity index (χ3v) is 7.42. The number of hydrogen-bond acceptors (Lipinski definition) is 5. The van der Waals surface area contributed by atoms with Crippen LogP contribution in [0.2, 0.25) is 10.0 Å². The van der Waals surface area contributed by atoms with Crippen LogP contribution in [-0.2, 0) is 4.79 Å². The molecule has 5 rings (SSSR count). The Morgan fingerprint density at radius 2 is 1.64 bits per heavy atom. The zero-order valence-corrected chi connectivity index (χ0v) is 21.3. The Balaban J connectivity index is 1.13. The number of piperidine rings is 1. The summed E-state index contributed by atoms with van der Waals surface area (Å²) in [4.78, 5) is 29.6. The maximum absolute atomic E-state index is 12.9. The highest BCUT2D eigenvalue weighted by atomic mass is 35.5. The molecule has 186 valence electrons. The third-order valence-electron chi connectivity index (χ3n) is 6.98. The standard InChI is InChI=1S/C27H27Cl2N5O2/c28-22-14-21(15-23(29)16-22)27(36)33-11-7-19(8-12-33)18-3-5-24(6-4-18)31-26(35)20-9-13-34(17-20)25-2-1-10-30-32-25/h1-6,10,14-16,19-20H,7-9,11-13,17H2,(H,31,35)/t20-/m0/s1. The Morgan fingerprint density at radius 1 is 0.917 bits per heavy atom. The number of likely N-dealkylation sites (tertiary alicyclic amines) is 1. The summed E-state index contributed by atoms with van der Waals surface area (Å²) in [5, 5.41) is 12.0.